The third kappa shape index (κ3) is 6.05. The minimum atomic E-state index is -1.03. The normalized spacial score (nSPS) is 11.9. The maximum atomic E-state index is 11.4. The van der Waals surface area contributed by atoms with Crippen LogP contribution in [0.5, 0.6) is 0 Å². The Hall–Kier alpha value is -3.51. The van der Waals surface area contributed by atoms with Gasteiger partial charge in [-0.25, -0.2) is 9.78 Å². The molecule has 1 heterocycles. The van der Waals surface area contributed by atoms with E-state index in [9.17, 15) is 15.0 Å². The monoisotopic (exact) mass is 461 g/mol. The van der Waals surface area contributed by atoms with Crippen LogP contribution in [-0.2, 0) is 6.42 Å². The molecule has 6 heteroatoms. The van der Waals surface area contributed by atoms with Gasteiger partial charge < -0.3 is 15.7 Å². The van der Waals surface area contributed by atoms with Crippen LogP contribution in [0.3, 0.4) is 0 Å². The van der Waals surface area contributed by atoms with Gasteiger partial charge in [-0.2, -0.15) is 0 Å². The van der Waals surface area contributed by atoms with Gasteiger partial charge in [0.05, 0.1) is 22.9 Å². The molecule has 0 spiro atoms. The Labute approximate surface area is 196 Å². The third-order valence-electron chi connectivity index (χ3n) is 5.33. The standard InChI is InChI=1S/C27H22ClNO3.H2O/c28-21-12-10-20-11-14-22(29-25(20)17-21)13-8-18-4-3-5-19(16-18)9-15-26(30)23-6-1-2-7-24(23)27(31)32;/h1-8,10-14,16-17,26,30H,9,15H2,(H,31,32);1H2. The number of benzene rings is 3. The Kier molecular flexibility index (Phi) is 7.96. The maximum absolute atomic E-state index is 11.4. The summed E-state index contributed by atoms with van der Waals surface area (Å²) < 4.78 is 0. The fourth-order valence-electron chi connectivity index (χ4n) is 3.67. The lowest BCUT2D eigenvalue weighted by molar-refractivity contribution is 0.0688. The van der Waals surface area contributed by atoms with Crippen LogP contribution >= 0.6 is 11.6 Å². The van der Waals surface area contributed by atoms with Crippen molar-refractivity contribution in [1.82, 2.24) is 4.98 Å². The largest absolute Gasteiger partial charge is 0.478 e. The van der Waals surface area contributed by atoms with Gasteiger partial charge in [-0.3, -0.25) is 0 Å². The molecule has 1 aromatic heterocycles. The molecule has 0 radical (unpaired) electrons. The van der Waals surface area contributed by atoms with Gasteiger partial charge >= 0.3 is 5.97 Å². The number of carbonyl (C=O) groups is 1. The summed E-state index contributed by atoms with van der Waals surface area (Å²) in [5, 5.41) is 21.6. The van der Waals surface area contributed by atoms with E-state index in [-0.39, 0.29) is 11.0 Å². The highest BCUT2D eigenvalue weighted by atomic mass is 35.5. The van der Waals surface area contributed by atoms with Crippen molar-refractivity contribution in [2.45, 2.75) is 18.9 Å². The predicted octanol–water partition coefficient (Wildman–Crippen LogP) is 5.60. The molecule has 0 saturated carbocycles. The van der Waals surface area contributed by atoms with Crippen molar-refractivity contribution in [3.05, 3.63) is 112 Å². The molecule has 1 unspecified atom stereocenters. The summed E-state index contributed by atoms with van der Waals surface area (Å²) >= 11 is 6.07. The van der Waals surface area contributed by atoms with Crippen molar-refractivity contribution in [3.63, 3.8) is 0 Å². The van der Waals surface area contributed by atoms with Gasteiger partial charge in [-0.15, -0.1) is 0 Å². The van der Waals surface area contributed by atoms with Crippen LogP contribution < -0.4 is 0 Å². The second kappa shape index (κ2) is 10.9. The number of aliphatic hydroxyl groups is 1. The van der Waals surface area contributed by atoms with E-state index in [1.807, 2.05) is 60.7 Å². The van der Waals surface area contributed by atoms with E-state index in [1.165, 1.54) is 6.07 Å². The Morgan fingerprint density at radius 2 is 1.76 bits per heavy atom. The molecule has 4 rings (SSSR count). The number of aliphatic hydroxyl groups excluding tert-OH is 1. The number of aromatic carboxylic acids is 1. The minimum Gasteiger partial charge on any atom is -0.478 e. The summed E-state index contributed by atoms with van der Waals surface area (Å²) in [6, 6.07) is 24.3. The average Bonchev–Trinajstić information content (AvgIpc) is 2.81. The highest BCUT2D eigenvalue weighted by molar-refractivity contribution is 6.31. The van der Waals surface area contributed by atoms with Crippen LogP contribution in [0.15, 0.2) is 78.9 Å². The van der Waals surface area contributed by atoms with Crippen LogP contribution in [0.2, 0.25) is 5.02 Å². The summed E-state index contributed by atoms with van der Waals surface area (Å²) in [6.45, 7) is 0. The van der Waals surface area contributed by atoms with Crippen molar-refractivity contribution >= 4 is 40.6 Å². The van der Waals surface area contributed by atoms with Crippen LogP contribution in [-0.4, -0.2) is 26.6 Å². The van der Waals surface area contributed by atoms with Crippen LogP contribution in [0.4, 0.5) is 0 Å². The van der Waals surface area contributed by atoms with E-state index in [0.29, 0.717) is 23.4 Å². The van der Waals surface area contributed by atoms with Crippen LogP contribution in [0.25, 0.3) is 23.1 Å². The molecule has 33 heavy (non-hydrogen) atoms. The number of fused-ring (bicyclic) bond motifs is 1. The molecule has 168 valence electrons. The number of rotatable bonds is 7. The number of nitrogens with zero attached hydrogens (tertiary/aromatic N) is 1. The first kappa shape index (κ1) is 24.1. The van der Waals surface area contributed by atoms with E-state index in [4.69, 9.17) is 11.6 Å². The molecule has 0 bridgehead atoms. The molecule has 0 amide bonds. The molecule has 1 atom stereocenters. The van der Waals surface area contributed by atoms with Crippen molar-refractivity contribution < 1.29 is 20.5 Å². The fourth-order valence-corrected chi connectivity index (χ4v) is 3.84. The summed E-state index contributed by atoms with van der Waals surface area (Å²) in [4.78, 5) is 16.0. The third-order valence-corrected chi connectivity index (χ3v) is 5.57. The van der Waals surface area contributed by atoms with Crippen LogP contribution in [0, 0.1) is 0 Å². The van der Waals surface area contributed by atoms with Gasteiger partial charge in [-0.1, -0.05) is 72.3 Å². The lowest BCUT2D eigenvalue weighted by Gasteiger charge is -2.13. The van der Waals surface area contributed by atoms with Gasteiger partial charge in [0.1, 0.15) is 0 Å². The number of aryl methyl sites for hydroxylation is 1. The quantitative estimate of drug-likeness (QED) is 0.374. The molecule has 0 aliphatic carbocycles. The van der Waals surface area contributed by atoms with Gasteiger partial charge in [-0.05, 0) is 59.9 Å². The smallest absolute Gasteiger partial charge is 0.336 e. The van der Waals surface area contributed by atoms with E-state index in [1.54, 1.807) is 18.2 Å². The molecule has 4 aromatic rings. The second-order valence-electron chi connectivity index (χ2n) is 7.60. The number of carboxylic acids is 1. The number of carboxylic acid groups (broad SMARTS) is 1. The summed E-state index contributed by atoms with van der Waals surface area (Å²) in [6.07, 6.45) is 4.18. The Morgan fingerprint density at radius 1 is 0.970 bits per heavy atom. The first-order valence-corrected chi connectivity index (χ1v) is 10.7. The van der Waals surface area contributed by atoms with E-state index < -0.39 is 12.1 Å². The molecule has 0 aliphatic rings. The van der Waals surface area contributed by atoms with Crippen molar-refractivity contribution in [1.29, 1.82) is 0 Å². The molecule has 5 nitrogen and oxygen atoms in total. The lowest BCUT2D eigenvalue weighted by Crippen LogP contribution is -2.08. The lowest BCUT2D eigenvalue weighted by atomic mass is 9.96. The first-order valence-electron chi connectivity index (χ1n) is 10.3. The number of pyridine rings is 1. The minimum absolute atomic E-state index is 0. The molecule has 0 fully saturated rings. The average molecular weight is 462 g/mol. The molecule has 0 aliphatic heterocycles. The van der Waals surface area contributed by atoms with E-state index in [2.05, 4.69) is 11.1 Å². The molecule has 3 aromatic carbocycles. The van der Waals surface area contributed by atoms with Gasteiger partial charge in [0.15, 0.2) is 0 Å². The molecule has 0 saturated heterocycles. The van der Waals surface area contributed by atoms with Gasteiger partial charge in [0, 0.05) is 10.4 Å². The SMILES string of the molecule is O.O=C(O)c1ccccc1C(O)CCc1cccc(C=Cc2ccc3ccc(Cl)cc3n2)c1. The molecular weight excluding hydrogens is 438 g/mol. The highest BCUT2D eigenvalue weighted by Gasteiger charge is 2.16. The number of hydrogen-bond donors (Lipinski definition) is 2. The van der Waals surface area contributed by atoms with Crippen molar-refractivity contribution in [3.8, 4) is 0 Å². The van der Waals surface area contributed by atoms with Gasteiger partial charge in [0.25, 0.3) is 0 Å². The van der Waals surface area contributed by atoms with Crippen molar-refractivity contribution in [2.75, 3.05) is 0 Å². The Morgan fingerprint density at radius 3 is 2.58 bits per heavy atom. The fraction of sp³-hybridized carbons (Fsp3) is 0.111. The molecule has 4 N–H and O–H groups in total. The number of aromatic nitrogens is 1. The molecular formula is C27H24ClNO4. The zero-order valence-electron chi connectivity index (χ0n) is 17.8. The summed E-state index contributed by atoms with van der Waals surface area (Å²) in [7, 11) is 0. The summed E-state index contributed by atoms with van der Waals surface area (Å²) in [5.74, 6) is -1.03. The number of hydrogen-bond acceptors (Lipinski definition) is 3. The summed E-state index contributed by atoms with van der Waals surface area (Å²) in [5.41, 5.74) is 4.36. The highest BCUT2D eigenvalue weighted by Crippen LogP contribution is 2.24. The van der Waals surface area contributed by atoms with E-state index >= 15 is 0 Å². The second-order valence-corrected chi connectivity index (χ2v) is 8.03. The number of halogens is 1. The Balaban J connectivity index is 0.00000306. The van der Waals surface area contributed by atoms with E-state index in [0.717, 1.165) is 27.7 Å². The first-order chi connectivity index (χ1) is 15.5. The predicted molar refractivity (Wildman–Crippen MR) is 132 cm³/mol. The van der Waals surface area contributed by atoms with Crippen LogP contribution in [0.1, 0.15) is 45.3 Å². The van der Waals surface area contributed by atoms with Gasteiger partial charge in [0.2, 0.25) is 0 Å². The zero-order valence-corrected chi connectivity index (χ0v) is 18.5. The maximum Gasteiger partial charge on any atom is 0.336 e. The topological polar surface area (TPSA) is 102 Å². The zero-order chi connectivity index (χ0) is 22.5. The van der Waals surface area contributed by atoms with Crippen molar-refractivity contribution in [2.24, 2.45) is 0 Å². The Bertz CT molecular complexity index is 1300.